The van der Waals surface area contributed by atoms with Crippen LogP contribution in [0, 0.1) is 0 Å². The van der Waals surface area contributed by atoms with Crippen molar-refractivity contribution in [3.8, 4) is 61.7 Å². The molecule has 0 radical (unpaired) electrons. The van der Waals surface area contributed by atoms with Crippen LogP contribution in [0.1, 0.15) is 5.56 Å². The monoisotopic (exact) mass is 693 g/mol. The second-order valence-electron chi connectivity index (χ2n) is 12.9. The Kier molecular flexibility index (Phi) is 9.11. The van der Waals surface area contributed by atoms with Gasteiger partial charge in [-0.15, -0.1) is 0 Å². The van der Waals surface area contributed by atoms with Crippen LogP contribution in [-0.2, 0) is 6.61 Å². The van der Waals surface area contributed by atoms with Crippen molar-refractivity contribution in [2.45, 2.75) is 6.61 Å². The Morgan fingerprint density at radius 3 is 1.57 bits per heavy atom. The summed E-state index contributed by atoms with van der Waals surface area (Å²) in [6.07, 6.45) is 0. The van der Waals surface area contributed by atoms with Gasteiger partial charge in [0.05, 0.1) is 37.7 Å². The lowest BCUT2D eigenvalue weighted by atomic mass is 9.97. The van der Waals surface area contributed by atoms with Crippen LogP contribution in [0.4, 0.5) is 17.2 Å². The lowest BCUT2D eigenvalue weighted by Crippen LogP contribution is -2.03. The van der Waals surface area contributed by atoms with Gasteiger partial charge in [-0.25, -0.2) is 0 Å². The summed E-state index contributed by atoms with van der Waals surface area (Å²) in [5.41, 5.74) is 19.7. The average molecular weight is 694 g/mol. The van der Waals surface area contributed by atoms with Crippen LogP contribution in [0.25, 0.3) is 61.1 Å². The third kappa shape index (κ3) is 6.60. The molecule has 0 aliphatic heterocycles. The third-order valence-electron chi connectivity index (χ3n) is 9.80. The largest absolute Gasteiger partial charge is 0.497 e. The molecule has 6 heteroatoms. The lowest BCUT2D eigenvalue weighted by Gasteiger charge is -2.17. The Morgan fingerprint density at radius 1 is 0.547 bits per heavy atom. The molecule has 0 bridgehead atoms. The van der Waals surface area contributed by atoms with Crippen molar-refractivity contribution in [2.24, 2.45) is 0 Å². The van der Waals surface area contributed by atoms with Gasteiger partial charge in [0.2, 0.25) is 0 Å². The van der Waals surface area contributed by atoms with Gasteiger partial charge in [-0.3, -0.25) is 4.57 Å². The number of nitrogens with zero attached hydrogens (tertiary/aromatic N) is 1. The molecular formula is C47H39N3O3. The maximum Gasteiger partial charge on any atom is 0.124 e. The van der Waals surface area contributed by atoms with E-state index in [1.54, 1.807) is 14.2 Å². The van der Waals surface area contributed by atoms with Gasteiger partial charge in [0.25, 0.3) is 0 Å². The minimum atomic E-state index is 0.0222. The quantitative estimate of drug-likeness (QED) is 0.124. The van der Waals surface area contributed by atoms with Crippen LogP contribution in [-0.4, -0.2) is 23.9 Å². The minimum Gasteiger partial charge on any atom is -0.497 e. The molecule has 260 valence electrons. The van der Waals surface area contributed by atoms with Gasteiger partial charge >= 0.3 is 0 Å². The second kappa shape index (κ2) is 14.5. The Hall–Kier alpha value is -6.76. The Bertz CT molecular complexity index is 2500. The van der Waals surface area contributed by atoms with Crippen LogP contribution in [0.3, 0.4) is 0 Å². The summed E-state index contributed by atoms with van der Waals surface area (Å²) in [5, 5.41) is 14.4. The van der Waals surface area contributed by atoms with Crippen LogP contribution in [0.2, 0.25) is 0 Å². The van der Waals surface area contributed by atoms with Gasteiger partial charge in [0.15, 0.2) is 0 Å². The summed E-state index contributed by atoms with van der Waals surface area (Å²) in [7, 11) is 3.37. The molecule has 8 aromatic rings. The van der Waals surface area contributed by atoms with E-state index in [-0.39, 0.29) is 6.61 Å². The smallest absolute Gasteiger partial charge is 0.124 e. The summed E-state index contributed by atoms with van der Waals surface area (Å²) in [4.78, 5) is 0. The number of hydrogen-bond donors (Lipinski definition) is 3. The number of aliphatic hydroxyl groups excluding tert-OH is 1. The number of nitrogens with one attached hydrogen (secondary N) is 1. The first-order valence-corrected chi connectivity index (χ1v) is 17.5. The van der Waals surface area contributed by atoms with Crippen molar-refractivity contribution in [2.75, 3.05) is 25.3 Å². The normalized spacial score (nSPS) is 11.1. The molecule has 0 aliphatic rings. The van der Waals surface area contributed by atoms with Crippen molar-refractivity contribution >= 4 is 28.1 Å². The summed E-state index contributed by atoms with van der Waals surface area (Å²) < 4.78 is 13.1. The molecule has 0 fully saturated rings. The van der Waals surface area contributed by atoms with Crippen molar-refractivity contribution in [3.63, 3.8) is 0 Å². The first-order chi connectivity index (χ1) is 26.0. The Balaban J connectivity index is 1.33. The summed E-state index contributed by atoms with van der Waals surface area (Å²) in [6.45, 7) is 0.0222. The van der Waals surface area contributed by atoms with Crippen molar-refractivity contribution in [3.05, 3.63) is 169 Å². The SMILES string of the molecule is COc1ccc(-c2ccc(-c3c(Nc4ccccc4N)n(-c4ccc(-c5ccc(CO)cc5)cc4)c4ccc(-c5ccc(OC)cc5)cc34)cc2)cc1. The van der Waals surface area contributed by atoms with Gasteiger partial charge in [-0.05, 0) is 105 Å². The number of nitrogen functional groups attached to an aromatic ring is 1. The molecular weight excluding hydrogens is 655 g/mol. The van der Waals surface area contributed by atoms with E-state index in [2.05, 4.69) is 101 Å². The number of nitrogens with two attached hydrogens (primary N) is 1. The van der Waals surface area contributed by atoms with E-state index in [0.29, 0.717) is 5.69 Å². The number of para-hydroxylation sites is 2. The third-order valence-corrected chi connectivity index (χ3v) is 9.80. The van der Waals surface area contributed by atoms with E-state index in [0.717, 1.165) is 89.7 Å². The van der Waals surface area contributed by atoms with Gasteiger partial charge < -0.3 is 25.6 Å². The predicted octanol–water partition coefficient (Wildman–Crippen LogP) is 11.1. The fourth-order valence-corrected chi connectivity index (χ4v) is 6.89. The number of benzene rings is 7. The molecule has 0 spiro atoms. The highest BCUT2D eigenvalue weighted by molar-refractivity contribution is 6.07. The summed E-state index contributed by atoms with van der Waals surface area (Å²) >= 11 is 0. The van der Waals surface area contributed by atoms with E-state index in [4.69, 9.17) is 15.2 Å². The van der Waals surface area contributed by atoms with Gasteiger partial charge in [0, 0.05) is 16.6 Å². The molecule has 1 heterocycles. The molecule has 0 aliphatic carbocycles. The fourth-order valence-electron chi connectivity index (χ4n) is 6.89. The molecule has 8 rings (SSSR count). The van der Waals surface area contributed by atoms with Crippen molar-refractivity contribution < 1.29 is 14.6 Å². The first kappa shape index (κ1) is 33.4. The van der Waals surface area contributed by atoms with Crippen molar-refractivity contribution in [1.82, 2.24) is 4.57 Å². The molecule has 0 saturated heterocycles. The topological polar surface area (TPSA) is 81.7 Å². The molecule has 4 N–H and O–H groups in total. The van der Waals surface area contributed by atoms with E-state index >= 15 is 0 Å². The number of anilines is 3. The summed E-state index contributed by atoms with van der Waals surface area (Å²) in [6, 6.07) is 56.2. The standard InChI is InChI=1S/C47H39N3O3/c1-52-40-24-17-35(18-25-40)33-11-13-37(14-12-33)46-42-29-38(36-19-26-41(53-2)27-20-36)21-28-45(42)50(47(46)49-44-6-4-3-5-43(44)48)39-22-15-34(16-23-39)32-9-7-31(30-51)8-10-32/h3-29,49,51H,30,48H2,1-2H3. The molecule has 53 heavy (non-hydrogen) atoms. The number of hydrogen-bond acceptors (Lipinski definition) is 5. The number of methoxy groups -OCH3 is 2. The molecule has 6 nitrogen and oxygen atoms in total. The van der Waals surface area contributed by atoms with Gasteiger partial charge in [-0.1, -0.05) is 103 Å². The number of aromatic nitrogens is 1. The highest BCUT2D eigenvalue weighted by Crippen LogP contribution is 2.44. The van der Waals surface area contributed by atoms with E-state index < -0.39 is 0 Å². The highest BCUT2D eigenvalue weighted by atomic mass is 16.5. The van der Waals surface area contributed by atoms with Crippen LogP contribution < -0.4 is 20.5 Å². The average Bonchev–Trinajstić information content (AvgIpc) is 3.54. The molecule has 0 atom stereocenters. The number of fused-ring (bicyclic) bond motifs is 1. The van der Waals surface area contributed by atoms with Crippen LogP contribution in [0.5, 0.6) is 11.5 Å². The molecule has 1 aromatic heterocycles. The van der Waals surface area contributed by atoms with Crippen molar-refractivity contribution in [1.29, 1.82) is 0 Å². The molecule has 0 amide bonds. The van der Waals surface area contributed by atoms with E-state index in [9.17, 15) is 5.11 Å². The zero-order chi connectivity index (χ0) is 36.3. The van der Waals surface area contributed by atoms with E-state index in [1.807, 2.05) is 72.8 Å². The number of ether oxygens (including phenoxy) is 2. The van der Waals surface area contributed by atoms with Crippen LogP contribution >= 0.6 is 0 Å². The Labute approximate surface area is 309 Å². The maximum atomic E-state index is 9.54. The molecule has 0 saturated carbocycles. The van der Waals surface area contributed by atoms with Crippen LogP contribution in [0.15, 0.2) is 164 Å². The second-order valence-corrected chi connectivity index (χ2v) is 12.9. The minimum absolute atomic E-state index is 0.0222. The van der Waals surface area contributed by atoms with E-state index in [1.165, 1.54) is 0 Å². The van der Waals surface area contributed by atoms with Gasteiger partial charge in [-0.2, -0.15) is 0 Å². The maximum absolute atomic E-state index is 9.54. The fraction of sp³-hybridized carbons (Fsp3) is 0.0638. The molecule has 7 aromatic carbocycles. The lowest BCUT2D eigenvalue weighted by molar-refractivity contribution is 0.282. The Morgan fingerprint density at radius 2 is 1.02 bits per heavy atom. The number of aliphatic hydroxyl groups is 1. The summed E-state index contributed by atoms with van der Waals surface area (Å²) in [5.74, 6) is 2.55. The number of rotatable bonds is 10. The zero-order valence-corrected chi connectivity index (χ0v) is 29.6. The first-order valence-electron chi connectivity index (χ1n) is 17.5. The predicted molar refractivity (Wildman–Crippen MR) is 218 cm³/mol. The highest BCUT2D eigenvalue weighted by Gasteiger charge is 2.22. The zero-order valence-electron chi connectivity index (χ0n) is 29.6. The van der Waals surface area contributed by atoms with Gasteiger partial charge in [0.1, 0.15) is 17.3 Å². The molecule has 0 unspecified atom stereocenters.